The number of rotatable bonds is 6. The Balaban J connectivity index is 1.56. The molecule has 0 saturated heterocycles. The lowest BCUT2D eigenvalue weighted by Crippen LogP contribution is -2.46. The van der Waals surface area contributed by atoms with Gasteiger partial charge in [0.05, 0.1) is 23.1 Å². The molecule has 1 aromatic carbocycles. The molecule has 136 valence electrons. The van der Waals surface area contributed by atoms with Gasteiger partial charge in [-0.1, -0.05) is 24.3 Å². The van der Waals surface area contributed by atoms with Gasteiger partial charge in [0.15, 0.2) is 0 Å². The summed E-state index contributed by atoms with van der Waals surface area (Å²) >= 11 is 0. The first-order valence-corrected chi connectivity index (χ1v) is 8.74. The van der Waals surface area contributed by atoms with E-state index in [2.05, 4.69) is 10.3 Å². The van der Waals surface area contributed by atoms with Crippen LogP contribution in [-0.4, -0.2) is 27.4 Å². The van der Waals surface area contributed by atoms with Crippen molar-refractivity contribution in [3.63, 3.8) is 0 Å². The van der Waals surface area contributed by atoms with Crippen LogP contribution < -0.4 is 16.6 Å². The molecule has 0 radical (unpaired) electrons. The Morgan fingerprint density at radius 3 is 2.81 bits per heavy atom. The first-order chi connectivity index (χ1) is 12.6. The first-order valence-electron chi connectivity index (χ1n) is 8.74. The number of fused-ring (bicyclic) bond motifs is 1. The molecule has 1 heterocycles. The van der Waals surface area contributed by atoms with Crippen LogP contribution in [0, 0.1) is 5.92 Å². The Kier molecular flexibility index (Phi) is 5.46. The van der Waals surface area contributed by atoms with Gasteiger partial charge in [0.25, 0.3) is 5.56 Å². The number of nitrogens with two attached hydrogens (primary N) is 1. The molecule has 7 nitrogen and oxygen atoms in total. The van der Waals surface area contributed by atoms with Crippen molar-refractivity contribution in [2.45, 2.75) is 38.3 Å². The molecule has 1 aliphatic rings. The topological polar surface area (TPSA) is 107 Å². The molecule has 2 amide bonds. The van der Waals surface area contributed by atoms with Crippen molar-refractivity contribution in [2.24, 2.45) is 11.7 Å². The molecular weight excluding hydrogens is 332 g/mol. The molecule has 26 heavy (non-hydrogen) atoms. The fourth-order valence-corrected chi connectivity index (χ4v) is 3.24. The van der Waals surface area contributed by atoms with E-state index in [0.29, 0.717) is 36.7 Å². The van der Waals surface area contributed by atoms with Crippen molar-refractivity contribution in [3.05, 3.63) is 53.1 Å². The number of primary amides is 1. The van der Waals surface area contributed by atoms with E-state index < -0.39 is 5.91 Å². The maximum absolute atomic E-state index is 12.4. The molecule has 0 bridgehead atoms. The van der Waals surface area contributed by atoms with Crippen molar-refractivity contribution in [2.75, 3.05) is 0 Å². The molecule has 1 aromatic heterocycles. The molecule has 2 aromatic rings. The summed E-state index contributed by atoms with van der Waals surface area (Å²) in [6, 6.07) is 6.92. The molecule has 7 heteroatoms. The van der Waals surface area contributed by atoms with Crippen LogP contribution in [0.2, 0.25) is 0 Å². The Bertz CT molecular complexity index is 903. The van der Waals surface area contributed by atoms with Crippen LogP contribution in [0.25, 0.3) is 10.9 Å². The lowest BCUT2D eigenvalue weighted by Gasteiger charge is -2.26. The van der Waals surface area contributed by atoms with E-state index in [1.807, 2.05) is 18.2 Å². The van der Waals surface area contributed by atoms with Crippen LogP contribution in [0.3, 0.4) is 0 Å². The Morgan fingerprint density at radius 2 is 2.00 bits per heavy atom. The lowest BCUT2D eigenvalue weighted by molar-refractivity contribution is -0.125. The smallest absolute Gasteiger partial charge is 0.261 e. The molecular formula is C19H22N4O3. The third-order valence-corrected chi connectivity index (χ3v) is 4.68. The zero-order valence-electron chi connectivity index (χ0n) is 14.4. The van der Waals surface area contributed by atoms with Crippen molar-refractivity contribution in [1.82, 2.24) is 14.9 Å². The average Bonchev–Trinajstić information content (AvgIpc) is 2.64. The number of nitrogens with one attached hydrogen (secondary N) is 1. The number of benzene rings is 1. The standard InChI is InChI=1S/C19H22N4O3/c20-18(25)13-6-1-4-9-16(13)22-17(24)10-5-11-23-12-21-15-8-3-2-7-14(15)19(23)26/h1-4,7-8,12-13,16H,5-6,9-11H2,(H2,20,25)(H,22,24)/t13-,16-/m1/s1. The highest BCUT2D eigenvalue weighted by Crippen LogP contribution is 2.19. The summed E-state index contributed by atoms with van der Waals surface area (Å²) in [6.45, 7) is 0.411. The van der Waals surface area contributed by atoms with E-state index in [1.165, 1.54) is 10.9 Å². The number of aromatic nitrogens is 2. The number of nitrogens with zero attached hydrogens (tertiary/aromatic N) is 2. The first kappa shape index (κ1) is 17.8. The third kappa shape index (κ3) is 3.99. The Hall–Kier alpha value is -2.96. The number of aryl methyl sites for hydroxylation is 1. The van der Waals surface area contributed by atoms with Gasteiger partial charge >= 0.3 is 0 Å². The molecule has 0 aliphatic heterocycles. The molecule has 2 atom stereocenters. The van der Waals surface area contributed by atoms with Gasteiger partial charge in [-0.2, -0.15) is 0 Å². The average molecular weight is 354 g/mol. The van der Waals surface area contributed by atoms with Gasteiger partial charge in [-0.05, 0) is 31.4 Å². The molecule has 3 rings (SSSR count). The van der Waals surface area contributed by atoms with Gasteiger partial charge in [0.2, 0.25) is 11.8 Å². The van der Waals surface area contributed by atoms with Crippen molar-refractivity contribution in [3.8, 4) is 0 Å². The second kappa shape index (κ2) is 7.95. The maximum atomic E-state index is 12.4. The SMILES string of the molecule is NC(=O)[C@@H]1CC=CC[C@H]1NC(=O)CCCn1cnc2ccccc2c1=O. The highest BCUT2D eigenvalue weighted by Gasteiger charge is 2.28. The summed E-state index contributed by atoms with van der Waals surface area (Å²) in [7, 11) is 0. The number of carbonyl (C=O) groups is 2. The van der Waals surface area contributed by atoms with Crippen molar-refractivity contribution in [1.29, 1.82) is 0 Å². The summed E-state index contributed by atoms with van der Waals surface area (Å²) in [4.78, 5) is 40.3. The number of allylic oxidation sites excluding steroid dienone is 1. The molecule has 3 N–H and O–H groups in total. The molecule has 0 spiro atoms. The van der Waals surface area contributed by atoms with Crippen molar-refractivity contribution >= 4 is 22.7 Å². The molecule has 1 aliphatic carbocycles. The van der Waals surface area contributed by atoms with Gasteiger partial charge in [-0.15, -0.1) is 0 Å². The summed E-state index contributed by atoms with van der Waals surface area (Å²) in [5.41, 5.74) is 5.95. The van der Waals surface area contributed by atoms with Crippen LogP contribution in [0.1, 0.15) is 25.7 Å². The number of amides is 2. The van der Waals surface area contributed by atoms with Gasteiger partial charge in [0.1, 0.15) is 0 Å². The highest BCUT2D eigenvalue weighted by atomic mass is 16.2. The minimum atomic E-state index is -0.395. The van der Waals surface area contributed by atoms with Gasteiger partial charge < -0.3 is 11.1 Å². The lowest BCUT2D eigenvalue weighted by atomic mass is 9.88. The number of carbonyl (C=O) groups excluding carboxylic acids is 2. The van der Waals surface area contributed by atoms with E-state index in [-0.39, 0.29) is 29.8 Å². The fourth-order valence-electron chi connectivity index (χ4n) is 3.24. The quantitative estimate of drug-likeness (QED) is 0.758. The Morgan fingerprint density at radius 1 is 1.23 bits per heavy atom. The van der Waals surface area contributed by atoms with Crippen LogP contribution in [0.15, 0.2) is 47.5 Å². The predicted molar refractivity (Wildman–Crippen MR) is 98.2 cm³/mol. The van der Waals surface area contributed by atoms with Crippen LogP contribution >= 0.6 is 0 Å². The molecule has 0 saturated carbocycles. The van der Waals surface area contributed by atoms with Gasteiger partial charge in [-0.3, -0.25) is 19.0 Å². The predicted octanol–water partition coefficient (Wildman–Crippen LogP) is 1.11. The molecule has 0 unspecified atom stereocenters. The van der Waals surface area contributed by atoms with E-state index in [1.54, 1.807) is 18.2 Å². The van der Waals surface area contributed by atoms with Crippen molar-refractivity contribution < 1.29 is 9.59 Å². The summed E-state index contributed by atoms with van der Waals surface area (Å²) in [6.07, 6.45) is 7.31. The van der Waals surface area contributed by atoms with Gasteiger partial charge in [0, 0.05) is 19.0 Å². The normalized spacial score (nSPS) is 19.4. The zero-order valence-corrected chi connectivity index (χ0v) is 14.4. The fraction of sp³-hybridized carbons (Fsp3) is 0.368. The minimum absolute atomic E-state index is 0.109. The monoisotopic (exact) mass is 354 g/mol. The zero-order chi connectivity index (χ0) is 18.5. The minimum Gasteiger partial charge on any atom is -0.369 e. The summed E-state index contributed by atoms with van der Waals surface area (Å²) < 4.78 is 1.52. The van der Waals surface area contributed by atoms with E-state index in [9.17, 15) is 14.4 Å². The maximum Gasteiger partial charge on any atom is 0.261 e. The molecule has 0 fully saturated rings. The van der Waals surface area contributed by atoms with Crippen LogP contribution in [0.4, 0.5) is 0 Å². The second-order valence-electron chi connectivity index (χ2n) is 6.49. The number of para-hydroxylation sites is 1. The van der Waals surface area contributed by atoms with E-state index in [4.69, 9.17) is 5.73 Å². The third-order valence-electron chi connectivity index (χ3n) is 4.68. The summed E-state index contributed by atoms with van der Waals surface area (Å²) in [5, 5.41) is 3.45. The number of hydrogen-bond acceptors (Lipinski definition) is 4. The second-order valence-corrected chi connectivity index (χ2v) is 6.49. The van der Waals surface area contributed by atoms with E-state index in [0.717, 1.165) is 0 Å². The summed E-state index contributed by atoms with van der Waals surface area (Å²) in [5.74, 6) is -0.900. The van der Waals surface area contributed by atoms with E-state index >= 15 is 0 Å². The van der Waals surface area contributed by atoms with Crippen LogP contribution in [0.5, 0.6) is 0 Å². The highest BCUT2D eigenvalue weighted by molar-refractivity contribution is 5.81. The van der Waals surface area contributed by atoms with Gasteiger partial charge in [-0.25, -0.2) is 4.98 Å². The Labute approximate surface area is 150 Å². The van der Waals surface area contributed by atoms with Crippen LogP contribution in [-0.2, 0) is 16.1 Å². The number of hydrogen-bond donors (Lipinski definition) is 2. The largest absolute Gasteiger partial charge is 0.369 e.